The molecule has 3 heterocycles. The molecule has 0 amide bonds. The predicted octanol–water partition coefficient (Wildman–Crippen LogP) is 3.14. The van der Waals surface area contributed by atoms with Crippen LogP contribution in [0.1, 0.15) is 24.2 Å². The van der Waals surface area contributed by atoms with Gasteiger partial charge in [-0.15, -0.1) is 0 Å². The molecule has 0 aromatic carbocycles. The van der Waals surface area contributed by atoms with Crippen LogP contribution in [0.25, 0.3) is 10.9 Å². The van der Waals surface area contributed by atoms with E-state index in [1.807, 2.05) is 25.1 Å². The number of nitrogen functional groups attached to an aromatic ring is 1. The second-order valence-electron chi connectivity index (χ2n) is 5.86. The van der Waals surface area contributed by atoms with E-state index in [2.05, 4.69) is 39.0 Å². The van der Waals surface area contributed by atoms with Crippen molar-refractivity contribution < 1.29 is 4.74 Å². The number of anilines is 2. The highest BCUT2D eigenvalue weighted by Gasteiger charge is 2.16. The number of nitrogens with one attached hydrogen (secondary N) is 1. The van der Waals surface area contributed by atoms with Gasteiger partial charge >= 0.3 is 0 Å². The number of ether oxygens (including phenoxy) is 1. The summed E-state index contributed by atoms with van der Waals surface area (Å²) >= 11 is 0. The summed E-state index contributed by atoms with van der Waals surface area (Å²) in [5, 5.41) is 4.56. The van der Waals surface area contributed by atoms with Gasteiger partial charge in [0.15, 0.2) is 5.82 Å². The lowest BCUT2D eigenvalue weighted by molar-refractivity contribution is 0.188. The van der Waals surface area contributed by atoms with E-state index in [4.69, 9.17) is 10.5 Å². The molecule has 0 saturated heterocycles. The summed E-state index contributed by atoms with van der Waals surface area (Å²) in [5.74, 6) is 1.31. The number of methoxy groups -OCH3 is 1. The van der Waals surface area contributed by atoms with Crippen LogP contribution in [-0.4, -0.2) is 28.3 Å². The van der Waals surface area contributed by atoms with Gasteiger partial charge in [-0.25, -0.2) is 4.98 Å². The topological polar surface area (TPSA) is 78.0 Å². The van der Waals surface area contributed by atoms with Crippen molar-refractivity contribution in [2.24, 2.45) is 0 Å². The van der Waals surface area contributed by atoms with Crippen molar-refractivity contribution in [1.29, 1.82) is 0 Å². The monoisotopic (exact) mass is 325 g/mol. The first kappa shape index (κ1) is 16.3. The van der Waals surface area contributed by atoms with Gasteiger partial charge in [0.25, 0.3) is 0 Å². The average Bonchev–Trinajstić information content (AvgIpc) is 3.02. The van der Waals surface area contributed by atoms with Crippen LogP contribution in [0.2, 0.25) is 0 Å². The molecule has 3 rings (SSSR count). The second kappa shape index (κ2) is 6.88. The Kier molecular flexibility index (Phi) is 4.66. The molecule has 0 aliphatic heterocycles. The smallest absolute Gasteiger partial charge is 0.153 e. The Morgan fingerprint density at radius 2 is 2.17 bits per heavy atom. The molecule has 0 spiro atoms. The highest BCUT2D eigenvalue weighted by Crippen LogP contribution is 2.31. The molecule has 0 aliphatic carbocycles. The molecular formula is C18H23N5O. The van der Waals surface area contributed by atoms with E-state index >= 15 is 0 Å². The Balaban J connectivity index is 2.02. The fraction of sp³-hybridized carbons (Fsp3) is 0.333. The quantitative estimate of drug-likeness (QED) is 0.728. The number of aromatic nitrogens is 3. The second-order valence-corrected chi connectivity index (χ2v) is 5.86. The molecule has 3 aromatic rings. The maximum absolute atomic E-state index is 6.11. The summed E-state index contributed by atoms with van der Waals surface area (Å²) in [6.45, 7) is 5.46. The molecule has 126 valence electrons. The van der Waals surface area contributed by atoms with Crippen LogP contribution in [0.15, 0.2) is 36.7 Å². The number of aryl methyl sites for hydroxylation is 1. The van der Waals surface area contributed by atoms with E-state index in [0.29, 0.717) is 12.4 Å². The molecule has 0 aliphatic rings. The lowest BCUT2D eigenvalue weighted by Gasteiger charge is -2.17. The Bertz CT molecular complexity index is 828. The molecule has 0 radical (unpaired) electrons. The van der Waals surface area contributed by atoms with Crippen molar-refractivity contribution in [3.63, 3.8) is 0 Å². The molecule has 0 saturated carbocycles. The van der Waals surface area contributed by atoms with Gasteiger partial charge in [-0.1, -0.05) is 6.07 Å². The number of rotatable bonds is 6. The zero-order chi connectivity index (χ0) is 17.1. The highest BCUT2D eigenvalue weighted by molar-refractivity contribution is 5.94. The van der Waals surface area contributed by atoms with Crippen molar-refractivity contribution in [3.05, 3.63) is 47.9 Å². The van der Waals surface area contributed by atoms with E-state index in [0.717, 1.165) is 34.5 Å². The summed E-state index contributed by atoms with van der Waals surface area (Å²) in [6, 6.07) is 7.99. The largest absolute Gasteiger partial charge is 0.383 e. The first-order valence-electron chi connectivity index (χ1n) is 8.03. The van der Waals surface area contributed by atoms with Crippen LogP contribution in [-0.2, 0) is 11.3 Å². The zero-order valence-corrected chi connectivity index (χ0v) is 14.3. The molecule has 1 atom stereocenters. The summed E-state index contributed by atoms with van der Waals surface area (Å²) in [5.41, 5.74) is 9.11. The van der Waals surface area contributed by atoms with E-state index < -0.39 is 0 Å². The molecule has 1 unspecified atom stereocenters. The first-order chi connectivity index (χ1) is 11.6. The number of hydrogen-bond acceptors (Lipinski definition) is 5. The van der Waals surface area contributed by atoms with E-state index in [1.165, 1.54) is 0 Å². The molecule has 6 nitrogen and oxygen atoms in total. The van der Waals surface area contributed by atoms with Crippen LogP contribution in [0.4, 0.5) is 11.6 Å². The zero-order valence-electron chi connectivity index (χ0n) is 14.3. The minimum absolute atomic E-state index is 0.0229. The van der Waals surface area contributed by atoms with Crippen molar-refractivity contribution in [2.45, 2.75) is 26.4 Å². The fourth-order valence-electron chi connectivity index (χ4n) is 2.82. The van der Waals surface area contributed by atoms with Crippen molar-refractivity contribution in [1.82, 2.24) is 14.5 Å². The third-order valence-electron chi connectivity index (χ3n) is 4.23. The number of nitrogens with two attached hydrogens (primary N) is 1. The van der Waals surface area contributed by atoms with Crippen molar-refractivity contribution in [2.75, 3.05) is 24.8 Å². The van der Waals surface area contributed by atoms with Gasteiger partial charge in [0.2, 0.25) is 0 Å². The van der Waals surface area contributed by atoms with Crippen LogP contribution >= 0.6 is 0 Å². The lowest BCUT2D eigenvalue weighted by Crippen LogP contribution is -2.13. The minimum Gasteiger partial charge on any atom is -0.383 e. The summed E-state index contributed by atoms with van der Waals surface area (Å²) < 4.78 is 7.36. The molecule has 0 bridgehead atoms. The summed E-state index contributed by atoms with van der Waals surface area (Å²) in [6.07, 6.45) is 3.84. The predicted molar refractivity (Wildman–Crippen MR) is 97.0 cm³/mol. The molecule has 0 fully saturated rings. The third kappa shape index (κ3) is 3.05. The average molecular weight is 325 g/mol. The lowest BCUT2D eigenvalue weighted by atomic mass is 10.1. The van der Waals surface area contributed by atoms with Crippen molar-refractivity contribution in [3.8, 4) is 0 Å². The van der Waals surface area contributed by atoms with Crippen LogP contribution < -0.4 is 11.1 Å². The third-order valence-corrected chi connectivity index (χ3v) is 4.23. The van der Waals surface area contributed by atoms with Crippen molar-refractivity contribution >= 4 is 22.5 Å². The van der Waals surface area contributed by atoms with E-state index in [9.17, 15) is 0 Å². The van der Waals surface area contributed by atoms with Crippen LogP contribution in [0.5, 0.6) is 0 Å². The molecule has 24 heavy (non-hydrogen) atoms. The van der Waals surface area contributed by atoms with E-state index in [1.54, 1.807) is 13.3 Å². The van der Waals surface area contributed by atoms with E-state index in [-0.39, 0.29) is 6.04 Å². The number of nitrogens with zero attached hydrogens (tertiary/aromatic N) is 3. The minimum atomic E-state index is 0.0229. The van der Waals surface area contributed by atoms with Gasteiger partial charge in [-0.2, -0.15) is 0 Å². The summed E-state index contributed by atoms with van der Waals surface area (Å²) in [7, 11) is 1.70. The summed E-state index contributed by atoms with van der Waals surface area (Å²) in [4.78, 5) is 8.99. The van der Waals surface area contributed by atoms with Gasteiger partial charge in [0.05, 0.1) is 23.9 Å². The molecular weight excluding hydrogens is 302 g/mol. The maximum Gasteiger partial charge on any atom is 0.153 e. The number of fused-ring (bicyclic) bond motifs is 1. The Morgan fingerprint density at radius 1 is 1.33 bits per heavy atom. The van der Waals surface area contributed by atoms with Gasteiger partial charge in [-0.3, -0.25) is 4.98 Å². The van der Waals surface area contributed by atoms with Crippen LogP contribution in [0, 0.1) is 6.92 Å². The Labute approximate surface area is 141 Å². The van der Waals surface area contributed by atoms with Gasteiger partial charge in [0, 0.05) is 37.0 Å². The Hall–Kier alpha value is -2.60. The Morgan fingerprint density at radius 3 is 2.88 bits per heavy atom. The van der Waals surface area contributed by atoms with Gasteiger partial charge < -0.3 is 20.4 Å². The fourth-order valence-corrected chi connectivity index (χ4v) is 2.82. The SMILES string of the molecule is COCCn1ccc2c(C)c(N)nc(NC(C)c3ccccn3)c21. The standard InChI is InChI=1S/C18H23N5O/c1-12-14-7-9-23(10-11-24-3)16(14)18(22-17(12)19)21-13(2)15-6-4-5-8-20-15/h4-9,13H,10-11H2,1-3H3,(H3,19,21,22). The van der Waals surface area contributed by atoms with Gasteiger partial charge in [-0.05, 0) is 32.0 Å². The van der Waals surface area contributed by atoms with Crippen LogP contribution in [0.3, 0.4) is 0 Å². The highest BCUT2D eigenvalue weighted by atomic mass is 16.5. The first-order valence-corrected chi connectivity index (χ1v) is 8.03. The number of hydrogen-bond donors (Lipinski definition) is 2. The van der Waals surface area contributed by atoms with Gasteiger partial charge in [0.1, 0.15) is 5.82 Å². The molecule has 3 aromatic heterocycles. The maximum atomic E-state index is 6.11. The molecule has 3 N–H and O–H groups in total. The molecule has 6 heteroatoms. The number of pyridine rings is 2. The normalized spacial score (nSPS) is 12.5.